The minimum Gasteiger partial charge on any atom is -0.480 e. The van der Waals surface area contributed by atoms with Gasteiger partial charge in [0, 0.05) is 19.4 Å². The van der Waals surface area contributed by atoms with E-state index in [4.69, 9.17) is 10.8 Å². The Kier molecular flexibility index (Phi) is 7.98. The molecular weight excluding hydrogens is 248 g/mol. The Hall–Kier alpha value is -1.43. The summed E-state index contributed by atoms with van der Waals surface area (Å²) in [5.41, 5.74) is 3.74. The Bertz CT molecular complexity index is 331. The van der Waals surface area contributed by atoms with E-state index in [0.29, 0.717) is 13.0 Å². The van der Waals surface area contributed by atoms with Crippen LogP contribution in [0, 0.1) is 0 Å². The summed E-state index contributed by atoms with van der Waals surface area (Å²) in [6.07, 6.45) is 2.35. The first-order valence-electron chi connectivity index (χ1n) is 6.70. The molecule has 0 radical (unpaired) electrons. The van der Waals surface area contributed by atoms with E-state index in [2.05, 4.69) is 5.32 Å². The van der Waals surface area contributed by atoms with Crippen LogP contribution in [0.25, 0.3) is 0 Å². The van der Waals surface area contributed by atoms with Crippen molar-refractivity contribution in [2.24, 2.45) is 5.73 Å². The first kappa shape index (κ1) is 17.6. The molecule has 0 aliphatic rings. The fourth-order valence-corrected chi connectivity index (χ4v) is 1.72. The predicted molar refractivity (Wildman–Crippen MR) is 71.6 cm³/mol. The van der Waals surface area contributed by atoms with Gasteiger partial charge in [-0.2, -0.15) is 0 Å². The quantitative estimate of drug-likeness (QED) is 0.403. The minimum absolute atomic E-state index is 0.0594. The summed E-state index contributed by atoms with van der Waals surface area (Å²) in [5.74, 6) is -2.16. The highest BCUT2D eigenvalue weighted by molar-refractivity contribution is 6.07. The van der Waals surface area contributed by atoms with E-state index in [1.165, 1.54) is 0 Å². The number of carbonyl (C=O) groups is 3. The number of nitrogens with one attached hydrogen (secondary N) is 1. The molecule has 0 heterocycles. The number of carboxylic acid groups (broad SMARTS) is 1. The average molecular weight is 272 g/mol. The van der Waals surface area contributed by atoms with Gasteiger partial charge in [0.25, 0.3) is 0 Å². The molecule has 0 aromatic heterocycles. The van der Waals surface area contributed by atoms with Crippen molar-refractivity contribution in [1.82, 2.24) is 5.32 Å². The lowest BCUT2D eigenvalue weighted by Crippen LogP contribution is -2.55. The van der Waals surface area contributed by atoms with Crippen LogP contribution in [0.5, 0.6) is 0 Å². The molecule has 6 heteroatoms. The molecule has 0 aromatic rings. The maximum Gasteiger partial charge on any atom is 0.331 e. The lowest BCUT2D eigenvalue weighted by atomic mass is 9.87. The molecular formula is C13H24N2O4. The topological polar surface area (TPSA) is 109 Å². The van der Waals surface area contributed by atoms with Gasteiger partial charge in [-0.1, -0.05) is 19.8 Å². The van der Waals surface area contributed by atoms with E-state index in [-0.39, 0.29) is 25.2 Å². The summed E-state index contributed by atoms with van der Waals surface area (Å²) in [7, 11) is 0. The van der Waals surface area contributed by atoms with Crippen LogP contribution in [-0.2, 0) is 14.4 Å². The average Bonchev–Trinajstić information content (AvgIpc) is 2.36. The highest BCUT2D eigenvalue weighted by Crippen LogP contribution is 2.16. The van der Waals surface area contributed by atoms with Crippen molar-refractivity contribution >= 4 is 17.7 Å². The minimum atomic E-state index is -1.95. The molecule has 1 atom stereocenters. The second kappa shape index (κ2) is 8.63. The molecule has 110 valence electrons. The molecule has 0 saturated carbocycles. The van der Waals surface area contributed by atoms with E-state index in [9.17, 15) is 14.4 Å². The number of Topliss-reactive ketones (excluding diaryl/α,β-unsaturated/α-hetero) is 1. The zero-order valence-corrected chi connectivity index (χ0v) is 11.7. The molecule has 0 spiro atoms. The van der Waals surface area contributed by atoms with E-state index >= 15 is 0 Å². The van der Waals surface area contributed by atoms with Crippen LogP contribution in [0.3, 0.4) is 0 Å². The van der Waals surface area contributed by atoms with Gasteiger partial charge in [-0.25, -0.2) is 4.79 Å². The summed E-state index contributed by atoms with van der Waals surface area (Å²) >= 11 is 0. The first-order valence-corrected chi connectivity index (χ1v) is 6.70. The Morgan fingerprint density at radius 2 is 1.79 bits per heavy atom. The third kappa shape index (κ3) is 5.83. The summed E-state index contributed by atoms with van der Waals surface area (Å²) in [4.78, 5) is 34.4. The monoisotopic (exact) mass is 272 g/mol. The van der Waals surface area contributed by atoms with Crippen molar-refractivity contribution in [2.45, 2.75) is 57.9 Å². The number of hydrogen-bond acceptors (Lipinski definition) is 4. The standard InChI is InChI=1S/C13H24N2O4/c1-3-5-6-7-10(16)13(14,12(18)19)9-8-11(17)15-4-2/h3-9,14H2,1-2H3,(H,15,17)(H,18,19). The highest BCUT2D eigenvalue weighted by Gasteiger charge is 2.41. The number of ketones is 1. The number of aliphatic carboxylic acids is 1. The predicted octanol–water partition coefficient (Wildman–Crippen LogP) is 0.834. The van der Waals surface area contributed by atoms with Crippen LogP contribution in [0.4, 0.5) is 0 Å². The highest BCUT2D eigenvalue weighted by atomic mass is 16.4. The number of hydrogen-bond donors (Lipinski definition) is 3. The molecule has 19 heavy (non-hydrogen) atoms. The Morgan fingerprint density at radius 3 is 2.26 bits per heavy atom. The smallest absolute Gasteiger partial charge is 0.331 e. The normalized spacial score (nSPS) is 13.6. The van der Waals surface area contributed by atoms with Gasteiger partial charge in [-0.05, 0) is 19.8 Å². The number of amides is 1. The fourth-order valence-electron chi connectivity index (χ4n) is 1.72. The SMILES string of the molecule is CCCCCC(=O)C(N)(CCC(=O)NCC)C(=O)O. The van der Waals surface area contributed by atoms with Crippen LogP contribution in [-0.4, -0.2) is 34.8 Å². The van der Waals surface area contributed by atoms with Crippen LogP contribution in [0.1, 0.15) is 52.4 Å². The Morgan fingerprint density at radius 1 is 1.16 bits per heavy atom. The molecule has 0 aliphatic heterocycles. The van der Waals surface area contributed by atoms with Crippen molar-refractivity contribution in [3.8, 4) is 0 Å². The molecule has 0 bridgehead atoms. The van der Waals surface area contributed by atoms with E-state index < -0.39 is 17.3 Å². The molecule has 6 nitrogen and oxygen atoms in total. The molecule has 0 aliphatic carbocycles. The molecule has 4 N–H and O–H groups in total. The van der Waals surface area contributed by atoms with Gasteiger partial charge >= 0.3 is 5.97 Å². The van der Waals surface area contributed by atoms with Gasteiger partial charge in [0.15, 0.2) is 11.3 Å². The van der Waals surface area contributed by atoms with Crippen molar-refractivity contribution < 1.29 is 19.5 Å². The van der Waals surface area contributed by atoms with Crippen molar-refractivity contribution in [1.29, 1.82) is 0 Å². The van der Waals surface area contributed by atoms with Crippen molar-refractivity contribution in [3.63, 3.8) is 0 Å². The molecule has 0 fully saturated rings. The van der Waals surface area contributed by atoms with Crippen LogP contribution in [0.2, 0.25) is 0 Å². The lowest BCUT2D eigenvalue weighted by Gasteiger charge is -2.23. The van der Waals surface area contributed by atoms with Gasteiger partial charge in [0.2, 0.25) is 5.91 Å². The van der Waals surface area contributed by atoms with Gasteiger partial charge in [0.05, 0.1) is 0 Å². The summed E-state index contributed by atoms with van der Waals surface area (Å²) in [6, 6.07) is 0. The van der Waals surface area contributed by atoms with Gasteiger partial charge in [-0.3, -0.25) is 9.59 Å². The maximum absolute atomic E-state index is 11.9. The van der Waals surface area contributed by atoms with E-state index in [1.807, 2.05) is 6.92 Å². The van der Waals surface area contributed by atoms with Crippen LogP contribution < -0.4 is 11.1 Å². The number of rotatable bonds is 10. The first-order chi connectivity index (χ1) is 8.88. The van der Waals surface area contributed by atoms with Crippen molar-refractivity contribution in [3.05, 3.63) is 0 Å². The maximum atomic E-state index is 11.9. The summed E-state index contributed by atoms with van der Waals surface area (Å²) in [5, 5.41) is 11.7. The third-order valence-corrected chi connectivity index (χ3v) is 3.01. The molecule has 0 rings (SSSR count). The molecule has 1 unspecified atom stereocenters. The van der Waals surface area contributed by atoms with Crippen LogP contribution in [0.15, 0.2) is 0 Å². The third-order valence-electron chi connectivity index (χ3n) is 3.01. The van der Waals surface area contributed by atoms with Gasteiger partial charge < -0.3 is 16.2 Å². The zero-order chi connectivity index (χ0) is 14.9. The summed E-state index contributed by atoms with van der Waals surface area (Å²) in [6.45, 7) is 4.22. The largest absolute Gasteiger partial charge is 0.480 e. The summed E-state index contributed by atoms with van der Waals surface area (Å²) < 4.78 is 0. The number of nitrogens with two attached hydrogens (primary N) is 1. The Balaban J connectivity index is 4.53. The Labute approximate surface area is 113 Å². The van der Waals surface area contributed by atoms with Crippen LogP contribution >= 0.6 is 0 Å². The second-order valence-electron chi connectivity index (χ2n) is 4.61. The molecule has 1 amide bonds. The number of unbranched alkanes of at least 4 members (excludes halogenated alkanes) is 2. The van der Waals surface area contributed by atoms with Crippen molar-refractivity contribution in [2.75, 3.05) is 6.54 Å². The van der Waals surface area contributed by atoms with Gasteiger partial charge in [0.1, 0.15) is 0 Å². The van der Waals surface area contributed by atoms with E-state index in [1.54, 1.807) is 6.92 Å². The molecule has 0 aromatic carbocycles. The molecule has 0 saturated heterocycles. The van der Waals surface area contributed by atoms with Gasteiger partial charge in [-0.15, -0.1) is 0 Å². The number of carboxylic acids is 1. The second-order valence-corrected chi connectivity index (χ2v) is 4.61. The van der Waals surface area contributed by atoms with E-state index in [0.717, 1.165) is 12.8 Å². The zero-order valence-electron chi connectivity index (χ0n) is 11.7. The fraction of sp³-hybridized carbons (Fsp3) is 0.769. The number of carbonyl (C=O) groups excluding carboxylic acids is 2. The lowest BCUT2D eigenvalue weighted by molar-refractivity contribution is -0.148.